The zero-order valence-electron chi connectivity index (χ0n) is 42.3. The van der Waals surface area contributed by atoms with Gasteiger partial charge in [0.15, 0.2) is 0 Å². The van der Waals surface area contributed by atoms with Crippen molar-refractivity contribution in [2.45, 2.75) is 116 Å². The fraction of sp³-hybridized carbons (Fsp3) is 0.286. The van der Waals surface area contributed by atoms with Gasteiger partial charge in [-0.25, -0.2) is 9.97 Å². The molecular formula is C63H64BrN5. The highest BCUT2D eigenvalue weighted by Crippen LogP contribution is 2.43. The molecule has 0 atom stereocenters. The van der Waals surface area contributed by atoms with Crippen LogP contribution >= 0.6 is 15.9 Å². The molecule has 8 bridgehead atoms. The molecule has 9 rings (SSSR count). The lowest BCUT2D eigenvalue weighted by atomic mass is 9.81. The minimum atomic E-state index is -0.123. The summed E-state index contributed by atoms with van der Waals surface area (Å²) in [5, 5.41) is 11.0. The number of hydrogen-bond donors (Lipinski definition) is 2. The quantitative estimate of drug-likeness (QED) is 0.163. The number of H-pyrrole nitrogens is 2. The van der Waals surface area contributed by atoms with Gasteiger partial charge >= 0.3 is 0 Å². The van der Waals surface area contributed by atoms with E-state index in [0.717, 1.165) is 100 Å². The first-order valence-corrected chi connectivity index (χ1v) is 25.3. The molecule has 5 nitrogen and oxygen atoms in total. The van der Waals surface area contributed by atoms with Gasteiger partial charge in [-0.1, -0.05) is 184 Å². The molecule has 0 unspecified atom stereocenters. The third kappa shape index (κ3) is 9.34. The molecule has 0 amide bonds. The standard InChI is InChI=1S/C63H64BrN5/c1-60(2,3)43-19-13-38(14-20-43)56-47-25-27-49(66-47)57(39-15-21-44(22-16-39)61(4,5)6)51-29-31-53(68-51)59(55-41(33-34-65)35-46(63(10,11)12)36-42(55)37-64)54-32-30-52(69-54)58(50-28-26-48(56)67-50)40-17-23-45(24-18-40)62(7,8)9/h13-32,35-36,66,69H,33,37H2,1-12H3. The number of nitriles is 1. The van der Waals surface area contributed by atoms with E-state index in [1.54, 1.807) is 0 Å². The van der Waals surface area contributed by atoms with E-state index in [1.165, 1.54) is 22.3 Å². The number of alkyl halides is 1. The Kier molecular flexibility index (Phi) is 12.2. The monoisotopic (exact) mass is 969 g/mol. The summed E-state index contributed by atoms with van der Waals surface area (Å²) in [7, 11) is 0. The summed E-state index contributed by atoms with van der Waals surface area (Å²) >= 11 is 3.91. The molecule has 0 radical (unpaired) electrons. The molecule has 0 spiro atoms. The summed E-state index contributed by atoms with van der Waals surface area (Å²) in [6, 6.07) is 42.7. The molecule has 0 saturated heterocycles. The molecule has 69 heavy (non-hydrogen) atoms. The second kappa shape index (κ2) is 17.8. The van der Waals surface area contributed by atoms with Crippen molar-refractivity contribution in [3.05, 3.63) is 165 Å². The van der Waals surface area contributed by atoms with E-state index >= 15 is 0 Å². The molecule has 7 aromatic rings. The maximum atomic E-state index is 10.4. The number of nitrogens with one attached hydrogen (secondary N) is 2. The third-order valence-corrected chi connectivity index (χ3v) is 14.3. The van der Waals surface area contributed by atoms with Crippen molar-refractivity contribution in [1.82, 2.24) is 19.9 Å². The summed E-state index contributed by atoms with van der Waals surface area (Å²) in [6.45, 7) is 27.0. The molecule has 348 valence electrons. The lowest BCUT2D eigenvalue weighted by Crippen LogP contribution is -2.13. The number of aromatic nitrogens is 4. The van der Waals surface area contributed by atoms with Gasteiger partial charge in [0.25, 0.3) is 0 Å². The Hall–Kier alpha value is -6.55. The van der Waals surface area contributed by atoms with E-state index in [1.807, 2.05) is 0 Å². The molecule has 6 heteroatoms. The lowest BCUT2D eigenvalue weighted by Gasteiger charge is -2.23. The second-order valence-electron chi connectivity index (χ2n) is 22.9. The molecule has 2 N–H and O–H groups in total. The Morgan fingerprint density at radius 2 is 0.710 bits per heavy atom. The highest BCUT2D eigenvalue weighted by atomic mass is 79.9. The summed E-state index contributed by atoms with van der Waals surface area (Å²) in [4.78, 5) is 19.1. The van der Waals surface area contributed by atoms with E-state index in [9.17, 15) is 5.26 Å². The van der Waals surface area contributed by atoms with Gasteiger partial charge in [-0.05, 0) is 126 Å². The van der Waals surface area contributed by atoms with Crippen molar-refractivity contribution in [3.8, 4) is 50.6 Å². The van der Waals surface area contributed by atoms with Gasteiger partial charge in [-0.3, -0.25) is 0 Å². The van der Waals surface area contributed by atoms with Crippen LogP contribution in [0.4, 0.5) is 0 Å². The van der Waals surface area contributed by atoms with Crippen LogP contribution in [0.15, 0.2) is 109 Å². The number of hydrogen-bond acceptors (Lipinski definition) is 3. The average molecular weight is 971 g/mol. The van der Waals surface area contributed by atoms with Gasteiger partial charge in [0.1, 0.15) is 0 Å². The van der Waals surface area contributed by atoms with Crippen LogP contribution < -0.4 is 0 Å². The first-order valence-electron chi connectivity index (χ1n) is 24.2. The smallest absolute Gasteiger partial charge is 0.0737 e. The van der Waals surface area contributed by atoms with Gasteiger partial charge in [0.05, 0.1) is 35.3 Å². The fourth-order valence-corrected chi connectivity index (χ4v) is 10.1. The first-order chi connectivity index (χ1) is 32.6. The SMILES string of the molecule is CC(C)(C)c1ccc(-c2c3nc(c(-c4ccc(C(C)(C)C)cc4)c4ccc([nH]4)c(-c4c(CBr)cc(C(C)(C)C)cc4CC#N)c4nc(c(-c5ccc(C(C)(C)C)cc5)c5ccc2[nH]5)C=C4)C=C3)cc1. The Morgan fingerprint density at radius 1 is 0.406 bits per heavy atom. The zero-order chi connectivity index (χ0) is 49.2. The van der Waals surface area contributed by atoms with Crippen LogP contribution in [0, 0.1) is 11.3 Å². The van der Waals surface area contributed by atoms with E-state index in [-0.39, 0.29) is 28.1 Å². The predicted molar refractivity (Wildman–Crippen MR) is 297 cm³/mol. The van der Waals surface area contributed by atoms with Crippen LogP contribution in [0.1, 0.15) is 139 Å². The normalized spacial score (nSPS) is 13.0. The van der Waals surface area contributed by atoms with E-state index in [4.69, 9.17) is 9.97 Å². The van der Waals surface area contributed by atoms with Crippen LogP contribution in [0.25, 0.3) is 90.9 Å². The average Bonchev–Trinajstić information content (AvgIpc) is 4.14. The summed E-state index contributed by atoms with van der Waals surface area (Å²) in [6.07, 6.45) is 8.89. The third-order valence-electron chi connectivity index (χ3n) is 13.7. The predicted octanol–water partition coefficient (Wildman–Crippen LogP) is 17.5. The zero-order valence-corrected chi connectivity index (χ0v) is 43.9. The minimum absolute atomic E-state index is 0.00444. The van der Waals surface area contributed by atoms with Crippen LogP contribution in [0.3, 0.4) is 0 Å². The topological polar surface area (TPSA) is 81.2 Å². The van der Waals surface area contributed by atoms with Crippen LogP contribution in [0.5, 0.6) is 0 Å². The lowest BCUT2D eigenvalue weighted by molar-refractivity contribution is 0.589. The van der Waals surface area contributed by atoms with Crippen LogP contribution in [0.2, 0.25) is 0 Å². The van der Waals surface area contributed by atoms with Crippen molar-refractivity contribution >= 4 is 62.3 Å². The van der Waals surface area contributed by atoms with Crippen molar-refractivity contribution in [1.29, 1.82) is 5.26 Å². The molecular weight excluding hydrogens is 907 g/mol. The van der Waals surface area contributed by atoms with Crippen molar-refractivity contribution in [2.75, 3.05) is 0 Å². The fourth-order valence-electron chi connectivity index (χ4n) is 9.64. The van der Waals surface area contributed by atoms with Gasteiger partial charge in [0, 0.05) is 49.7 Å². The Bertz CT molecular complexity index is 3340. The molecule has 4 aromatic carbocycles. The minimum Gasteiger partial charge on any atom is -0.354 e. The highest BCUT2D eigenvalue weighted by molar-refractivity contribution is 9.08. The maximum absolute atomic E-state index is 10.4. The number of benzene rings is 4. The van der Waals surface area contributed by atoms with E-state index in [0.29, 0.717) is 5.33 Å². The number of nitrogens with zero attached hydrogens (tertiary/aromatic N) is 3. The maximum Gasteiger partial charge on any atom is 0.0737 e. The summed E-state index contributed by atoms with van der Waals surface area (Å²) in [5.74, 6) is 0. The summed E-state index contributed by atoms with van der Waals surface area (Å²) < 4.78 is 0. The van der Waals surface area contributed by atoms with Gasteiger partial charge < -0.3 is 9.97 Å². The second-order valence-corrected chi connectivity index (χ2v) is 23.4. The van der Waals surface area contributed by atoms with Gasteiger partial charge in [-0.2, -0.15) is 5.26 Å². The molecule has 0 saturated carbocycles. The number of aromatic amines is 2. The van der Waals surface area contributed by atoms with Crippen molar-refractivity contribution in [2.24, 2.45) is 0 Å². The molecule has 2 aliphatic rings. The summed E-state index contributed by atoms with van der Waals surface area (Å²) in [5.41, 5.74) is 22.3. The first kappa shape index (κ1) is 47.5. The van der Waals surface area contributed by atoms with Crippen LogP contribution in [-0.2, 0) is 33.4 Å². The molecule has 0 aliphatic carbocycles. The van der Waals surface area contributed by atoms with Crippen LogP contribution in [-0.4, -0.2) is 19.9 Å². The molecule has 2 aliphatic heterocycles. The Balaban J connectivity index is 1.47. The van der Waals surface area contributed by atoms with Crippen molar-refractivity contribution < 1.29 is 0 Å². The Labute approximate surface area is 417 Å². The molecule has 5 heterocycles. The molecule has 0 fully saturated rings. The number of rotatable bonds is 6. The number of halogens is 1. The highest BCUT2D eigenvalue weighted by Gasteiger charge is 2.25. The van der Waals surface area contributed by atoms with Crippen molar-refractivity contribution in [3.63, 3.8) is 0 Å². The Morgan fingerprint density at radius 3 is 1.01 bits per heavy atom. The van der Waals surface area contributed by atoms with E-state index in [2.05, 4.69) is 249 Å². The van der Waals surface area contributed by atoms with Gasteiger partial charge in [0.2, 0.25) is 0 Å². The molecule has 3 aromatic heterocycles. The van der Waals surface area contributed by atoms with Gasteiger partial charge in [-0.15, -0.1) is 0 Å². The number of fused-ring (bicyclic) bond motifs is 8. The van der Waals surface area contributed by atoms with E-state index < -0.39 is 0 Å². The largest absolute Gasteiger partial charge is 0.354 e.